The lowest BCUT2D eigenvalue weighted by atomic mass is 10.1. The molecule has 3 aromatic rings. The largest absolute Gasteiger partial charge is 0.497 e. The maximum absolute atomic E-state index is 13.8. The van der Waals surface area contributed by atoms with E-state index in [-0.39, 0.29) is 17.3 Å². The first kappa shape index (κ1) is 27.7. The van der Waals surface area contributed by atoms with Crippen LogP contribution in [0.1, 0.15) is 23.6 Å². The summed E-state index contributed by atoms with van der Waals surface area (Å²) in [5, 5.41) is 2.58. The molecular formula is C28H33N3O5S. The minimum absolute atomic E-state index is 0.0613. The van der Waals surface area contributed by atoms with Crippen molar-refractivity contribution in [2.24, 2.45) is 0 Å². The molecule has 0 bridgehead atoms. The van der Waals surface area contributed by atoms with Gasteiger partial charge in [-0.2, -0.15) is 0 Å². The predicted molar refractivity (Wildman–Crippen MR) is 144 cm³/mol. The van der Waals surface area contributed by atoms with E-state index in [0.29, 0.717) is 11.4 Å². The molecule has 3 rings (SSSR count). The van der Waals surface area contributed by atoms with Gasteiger partial charge in [0.2, 0.25) is 11.8 Å². The van der Waals surface area contributed by atoms with Crippen LogP contribution in [0.2, 0.25) is 0 Å². The van der Waals surface area contributed by atoms with E-state index in [0.717, 1.165) is 21.0 Å². The standard InChI is InChI=1S/C28H33N3O5S/c1-20-6-10-23(11-7-20)18-30(22(3)28(33)29-4)27(32)19-31(24-12-14-25(36-5)15-13-24)37(34,35)26-16-8-21(2)9-17-26/h6-17,22H,18-19H2,1-5H3,(H,29,33)/t22-/m0/s1. The Hall–Kier alpha value is -3.85. The van der Waals surface area contributed by atoms with Crippen LogP contribution in [0.5, 0.6) is 5.75 Å². The Bertz CT molecular complexity index is 1320. The Kier molecular flexibility index (Phi) is 8.94. The first-order valence-corrected chi connectivity index (χ1v) is 13.3. The minimum atomic E-state index is -4.10. The number of sulfonamides is 1. The number of nitrogens with one attached hydrogen (secondary N) is 1. The van der Waals surface area contributed by atoms with Crippen molar-refractivity contribution in [2.75, 3.05) is 25.0 Å². The number of rotatable bonds is 10. The number of carbonyl (C=O) groups is 2. The average molecular weight is 524 g/mol. The van der Waals surface area contributed by atoms with Crippen LogP contribution in [0.25, 0.3) is 0 Å². The molecule has 0 aromatic heterocycles. The van der Waals surface area contributed by atoms with Gasteiger partial charge in [0.15, 0.2) is 0 Å². The highest BCUT2D eigenvalue weighted by molar-refractivity contribution is 7.92. The molecule has 196 valence electrons. The Labute approximate surface area is 218 Å². The number of nitrogens with zero attached hydrogens (tertiary/aromatic N) is 2. The third kappa shape index (κ3) is 6.68. The molecular weight excluding hydrogens is 490 g/mol. The summed E-state index contributed by atoms with van der Waals surface area (Å²) in [5.74, 6) is -0.307. The molecule has 37 heavy (non-hydrogen) atoms. The van der Waals surface area contributed by atoms with Crippen molar-refractivity contribution in [3.8, 4) is 5.75 Å². The second-order valence-electron chi connectivity index (χ2n) is 8.82. The smallest absolute Gasteiger partial charge is 0.264 e. The van der Waals surface area contributed by atoms with Crippen LogP contribution in [0, 0.1) is 13.8 Å². The number of likely N-dealkylation sites (N-methyl/N-ethyl adjacent to an activating group) is 1. The molecule has 0 radical (unpaired) electrons. The zero-order valence-electron chi connectivity index (χ0n) is 21.8. The van der Waals surface area contributed by atoms with Crippen molar-refractivity contribution >= 4 is 27.5 Å². The lowest BCUT2D eigenvalue weighted by Crippen LogP contribution is -2.50. The summed E-state index contributed by atoms with van der Waals surface area (Å²) in [5.41, 5.74) is 3.11. The van der Waals surface area contributed by atoms with Crippen molar-refractivity contribution < 1.29 is 22.7 Å². The molecule has 0 aliphatic carbocycles. The first-order chi connectivity index (χ1) is 17.6. The second-order valence-corrected chi connectivity index (χ2v) is 10.7. The van der Waals surface area contributed by atoms with E-state index in [4.69, 9.17) is 4.74 Å². The van der Waals surface area contributed by atoms with Crippen molar-refractivity contribution in [3.63, 3.8) is 0 Å². The Morgan fingerprint density at radius 2 is 1.43 bits per heavy atom. The number of ether oxygens (including phenoxy) is 1. The van der Waals surface area contributed by atoms with E-state index in [2.05, 4.69) is 5.32 Å². The molecule has 0 saturated heterocycles. The summed E-state index contributed by atoms with van der Waals surface area (Å²) in [7, 11) is -1.09. The summed E-state index contributed by atoms with van der Waals surface area (Å²) < 4.78 is 33.8. The third-order valence-corrected chi connectivity index (χ3v) is 7.92. The third-order valence-electron chi connectivity index (χ3n) is 6.14. The van der Waals surface area contributed by atoms with Gasteiger partial charge in [0.05, 0.1) is 17.7 Å². The Morgan fingerprint density at radius 3 is 1.95 bits per heavy atom. The van der Waals surface area contributed by atoms with Crippen molar-refractivity contribution in [1.29, 1.82) is 0 Å². The molecule has 8 nitrogen and oxygen atoms in total. The predicted octanol–water partition coefficient (Wildman–Crippen LogP) is 3.67. The second kappa shape index (κ2) is 11.9. The summed E-state index contributed by atoms with van der Waals surface area (Å²) in [6.07, 6.45) is 0. The number of hydrogen-bond acceptors (Lipinski definition) is 5. The van der Waals surface area contributed by atoms with Crippen molar-refractivity contribution in [3.05, 3.63) is 89.5 Å². The molecule has 0 unspecified atom stereocenters. The molecule has 0 aliphatic heterocycles. The van der Waals surface area contributed by atoms with Gasteiger partial charge in [-0.15, -0.1) is 0 Å². The van der Waals surface area contributed by atoms with E-state index in [9.17, 15) is 18.0 Å². The van der Waals surface area contributed by atoms with Crippen molar-refractivity contribution in [2.45, 2.75) is 38.3 Å². The maximum atomic E-state index is 13.8. The van der Waals surface area contributed by atoms with E-state index >= 15 is 0 Å². The molecule has 0 fully saturated rings. The van der Waals surface area contributed by atoms with Gasteiger partial charge in [-0.05, 0) is 62.7 Å². The fraction of sp³-hybridized carbons (Fsp3) is 0.286. The van der Waals surface area contributed by atoms with Crippen LogP contribution in [-0.4, -0.2) is 51.9 Å². The molecule has 0 heterocycles. The van der Waals surface area contributed by atoms with Gasteiger partial charge < -0.3 is 15.0 Å². The number of methoxy groups -OCH3 is 1. The number of amides is 2. The van der Waals surface area contributed by atoms with Gasteiger partial charge in [0, 0.05) is 13.6 Å². The van der Waals surface area contributed by atoms with E-state index in [1.165, 1.54) is 31.2 Å². The van der Waals surface area contributed by atoms with Gasteiger partial charge >= 0.3 is 0 Å². The van der Waals surface area contributed by atoms with E-state index < -0.39 is 28.5 Å². The monoisotopic (exact) mass is 523 g/mol. The van der Waals surface area contributed by atoms with E-state index in [1.54, 1.807) is 43.3 Å². The van der Waals surface area contributed by atoms with E-state index in [1.807, 2.05) is 38.1 Å². The van der Waals surface area contributed by atoms with Gasteiger partial charge in [0.1, 0.15) is 18.3 Å². The van der Waals surface area contributed by atoms with Gasteiger partial charge in [-0.25, -0.2) is 8.42 Å². The maximum Gasteiger partial charge on any atom is 0.264 e. The summed E-state index contributed by atoms with van der Waals surface area (Å²) in [4.78, 5) is 27.7. The lowest BCUT2D eigenvalue weighted by molar-refractivity contribution is -0.139. The highest BCUT2D eigenvalue weighted by Gasteiger charge is 2.32. The highest BCUT2D eigenvalue weighted by Crippen LogP contribution is 2.26. The molecule has 9 heteroatoms. The van der Waals surface area contributed by atoms with Crippen LogP contribution in [-0.2, 0) is 26.2 Å². The van der Waals surface area contributed by atoms with Crippen LogP contribution in [0.4, 0.5) is 5.69 Å². The molecule has 1 atom stereocenters. The summed E-state index contributed by atoms with van der Waals surface area (Å²) in [6.45, 7) is 5.11. The van der Waals surface area contributed by atoms with Gasteiger partial charge in [-0.3, -0.25) is 13.9 Å². The summed E-state index contributed by atoms with van der Waals surface area (Å²) >= 11 is 0. The average Bonchev–Trinajstić information content (AvgIpc) is 2.90. The molecule has 1 N–H and O–H groups in total. The number of hydrogen-bond donors (Lipinski definition) is 1. The molecule has 0 saturated carbocycles. The molecule has 0 spiro atoms. The zero-order chi connectivity index (χ0) is 27.2. The number of aryl methyl sites for hydroxylation is 2. The number of benzene rings is 3. The van der Waals surface area contributed by atoms with Crippen LogP contribution >= 0.6 is 0 Å². The number of carbonyl (C=O) groups excluding carboxylic acids is 2. The normalized spacial score (nSPS) is 11.9. The fourth-order valence-corrected chi connectivity index (χ4v) is 5.21. The highest BCUT2D eigenvalue weighted by atomic mass is 32.2. The first-order valence-electron chi connectivity index (χ1n) is 11.9. The molecule has 2 amide bonds. The van der Waals surface area contributed by atoms with Crippen LogP contribution < -0.4 is 14.4 Å². The van der Waals surface area contributed by atoms with Gasteiger partial charge in [-0.1, -0.05) is 47.5 Å². The SMILES string of the molecule is CNC(=O)[C@H](C)N(Cc1ccc(C)cc1)C(=O)CN(c1ccc(OC)cc1)S(=O)(=O)c1ccc(C)cc1. The Morgan fingerprint density at radius 1 is 0.892 bits per heavy atom. The van der Waals surface area contributed by atoms with Crippen LogP contribution in [0.15, 0.2) is 77.7 Å². The molecule has 0 aliphatic rings. The lowest BCUT2D eigenvalue weighted by Gasteiger charge is -2.31. The topological polar surface area (TPSA) is 96.0 Å². The van der Waals surface area contributed by atoms with Crippen LogP contribution in [0.3, 0.4) is 0 Å². The summed E-state index contributed by atoms with van der Waals surface area (Å²) in [6, 6.07) is 19.7. The van der Waals surface area contributed by atoms with Gasteiger partial charge in [0.25, 0.3) is 10.0 Å². The fourth-order valence-electron chi connectivity index (χ4n) is 3.80. The zero-order valence-corrected chi connectivity index (χ0v) is 22.6. The quantitative estimate of drug-likeness (QED) is 0.438. The minimum Gasteiger partial charge on any atom is -0.497 e. The molecule has 3 aromatic carbocycles. The number of anilines is 1. The Balaban J connectivity index is 2.02. The van der Waals surface area contributed by atoms with Crippen molar-refractivity contribution in [1.82, 2.24) is 10.2 Å².